The SMILES string of the molecule is CSc1nc(C)c(CCC(=O)Nc2cccc(Cl)c2SC(F)F)c(C)n1. The van der Waals surface area contributed by atoms with Crippen LogP contribution >= 0.6 is 35.1 Å². The normalized spacial score (nSPS) is 11.0. The molecular formula is C17H18ClF2N3OS2. The Balaban J connectivity index is 2.08. The van der Waals surface area contributed by atoms with Crippen LogP contribution in [0, 0.1) is 13.8 Å². The molecule has 0 saturated heterocycles. The van der Waals surface area contributed by atoms with Crippen LogP contribution in [0.2, 0.25) is 5.02 Å². The van der Waals surface area contributed by atoms with Crippen LogP contribution in [0.3, 0.4) is 0 Å². The summed E-state index contributed by atoms with van der Waals surface area (Å²) >= 11 is 7.75. The minimum absolute atomic E-state index is 0.164. The molecule has 0 unspecified atom stereocenters. The van der Waals surface area contributed by atoms with Crippen molar-refractivity contribution in [3.63, 3.8) is 0 Å². The highest BCUT2D eigenvalue weighted by molar-refractivity contribution is 7.99. The lowest BCUT2D eigenvalue weighted by molar-refractivity contribution is -0.116. The van der Waals surface area contributed by atoms with Crippen molar-refractivity contribution in [1.82, 2.24) is 9.97 Å². The van der Waals surface area contributed by atoms with Crippen LogP contribution in [-0.4, -0.2) is 27.9 Å². The predicted octanol–water partition coefficient (Wildman–Crippen LogP) is 5.35. The van der Waals surface area contributed by atoms with Crippen molar-refractivity contribution in [2.75, 3.05) is 11.6 Å². The van der Waals surface area contributed by atoms with Crippen molar-refractivity contribution >= 4 is 46.7 Å². The summed E-state index contributed by atoms with van der Waals surface area (Å²) in [6, 6.07) is 4.68. The fraction of sp³-hybridized carbons (Fsp3) is 0.353. The standard InChI is InChI=1S/C17H18ClF2N3OS2/c1-9-11(10(2)22-17(21-9)25-3)7-8-14(24)23-13-6-4-5-12(18)15(13)26-16(19)20/h4-6,16H,7-8H2,1-3H3,(H,23,24). The number of hydrogen-bond donors (Lipinski definition) is 1. The number of anilines is 1. The van der Waals surface area contributed by atoms with E-state index < -0.39 is 5.76 Å². The summed E-state index contributed by atoms with van der Waals surface area (Å²) in [7, 11) is 0. The van der Waals surface area contributed by atoms with Gasteiger partial charge >= 0.3 is 0 Å². The monoisotopic (exact) mass is 417 g/mol. The van der Waals surface area contributed by atoms with E-state index in [0.29, 0.717) is 23.3 Å². The fourth-order valence-corrected chi connectivity index (χ4v) is 3.80. The van der Waals surface area contributed by atoms with E-state index in [4.69, 9.17) is 11.6 Å². The maximum Gasteiger partial charge on any atom is 0.289 e. The number of amides is 1. The van der Waals surface area contributed by atoms with E-state index in [-0.39, 0.29) is 27.9 Å². The fourth-order valence-electron chi connectivity index (χ4n) is 2.43. The molecule has 0 atom stereocenters. The Labute approximate surface area is 164 Å². The molecule has 0 fully saturated rings. The topological polar surface area (TPSA) is 54.9 Å². The van der Waals surface area contributed by atoms with Crippen LogP contribution in [0.1, 0.15) is 23.4 Å². The Morgan fingerprint density at radius 3 is 2.50 bits per heavy atom. The predicted molar refractivity (Wildman–Crippen MR) is 104 cm³/mol. The molecule has 0 saturated carbocycles. The van der Waals surface area contributed by atoms with Gasteiger partial charge in [0.05, 0.1) is 15.6 Å². The first kappa shape index (κ1) is 20.9. The van der Waals surface area contributed by atoms with Gasteiger partial charge in [-0.3, -0.25) is 4.79 Å². The van der Waals surface area contributed by atoms with E-state index in [9.17, 15) is 13.6 Å². The summed E-state index contributed by atoms with van der Waals surface area (Å²) in [5, 5.41) is 3.54. The van der Waals surface area contributed by atoms with Gasteiger partial charge in [-0.2, -0.15) is 8.78 Å². The van der Waals surface area contributed by atoms with Crippen LogP contribution in [0.25, 0.3) is 0 Å². The number of aromatic nitrogens is 2. The summed E-state index contributed by atoms with van der Waals surface area (Å²) in [6.07, 6.45) is 2.56. The second-order valence-electron chi connectivity index (χ2n) is 5.40. The van der Waals surface area contributed by atoms with Crippen molar-refractivity contribution < 1.29 is 13.6 Å². The molecule has 140 valence electrons. The highest BCUT2D eigenvalue weighted by atomic mass is 35.5. The maximum atomic E-state index is 12.7. The quantitative estimate of drug-likeness (QED) is 0.485. The number of benzene rings is 1. The Bertz CT molecular complexity index is 783. The molecule has 9 heteroatoms. The van der Waals surface area contributed by atoms with Crippen LogP contribution < -0.4 is 5.32 Å². The first-order valence-corrected chi connectivity index (χ1v) is 10.2. The van der Waals surface area contributed by atoms with Crippen LogP contribution in [0.15, 0.2) is 28.3 Å². The summed E-state index contributed by atoms with van der Waals surface area (Å²) in [4.78, 5) is 21.2. The van der Waals surface area contributed by atoms with Gasteiger partial charge in [-0.05, 0) is 44.2 Å². The summed E-state index contributed by atoms with van der Waals surface area (Å²) in [5.41, 5.74) is 2.89. The number of carbonyl (C=O) groups excluding carboxylic acids is 1. The number of aryl methyl sites for hydroxylation is 2. The lowest BCUT2D eigenvalue weighted by Gasteiger charge is -2.13. The van der Waals surface area contributed by atoms with Gasteiger partial charge < -0.3 is 5.32 Å². The molecule has 1 amide bonds. The number of carbonyl (C=O) groups is 1. The number of halogens is 3. The van der Waals surface area contributed by atoms with Crippen LogP contribution in [0.4, 0.5) is 14.5 Å². The summed E-state index contributed by atoms with van der Waals surface area (Å²) < 4.78 is 25.4. The van der Waals surface area contributed by atoms with Crippen LogP contribution in [-0.2, 0) is 11.2 Å². The minimum atomic E-state index is -2.62. The molecule has 0 aliphatic carbocycles. The molecule has 0 bridgehead atoms. The average Bonchev–Trinajstić information content (AvgIpc) is 2.56. The average molecular weight is 418 g/mol. The Hall–Kier alpha value is -1.38. The number of alkyl halides is 2. The van der Waals surface area contributed by atoms with E-state index in [1.165, 1.54) is 17.8 Å². The largest absolute Gasteiger partial charge is 0.325 e. The highest BCUT2D eigenvalue weighted by Gasteiger charge is 2.16. The van der Waals surface area contributed by atoms with E-state index >= 15 is 0 Å². The lowest BCUT2D eigenvalue weighted by Crippen LogP contribution is -2.14. The Kier molecular flexibility index (Phi) is 7.67. The zero-order chi connectivity index (χ0) is 19.3. The molecule has 1 N–H and O–H groups in total. The smallest absolute Gasteiger partial charge is 0.289 e. The molecule has 0 radical (unpaired) electrons. The van der Waals surface area contributed by atoms with Crippen molar-refractivity contribution in [3.8, 4) is 0 Å². The van der Waals surface area contributed by atoms with Gasteiger partial charge in [-0.15, -0.1) is 0 Å². The number of nitrogens with one attached hydrogen (secondary N) is 1. The van der Waals surface area contributed by atoms with Crippen molar-refractivity contribution in [1.29, 1.82) is 0 Å². The second-order valence-corrected chi connectivity index (χ2v) is 7.58. The first-order valence-electron chi connectivity index (χ1n) is 7.73. The van der Waals surface area contributed by atoms with Crippen LogP contribution in [0.5, 0.6) is 0 Å². The zero-order valence-electron chi connectivity index (χ0n) is 14.5. The molecule has 4 nitrogen and oxygen atoms in total. The van der Waals surface area contributed by atoms with E-state index in [1.807, 2.05) is 20.1 Å². The summed E-state index contributed by atoms with van der Waals surface area (Å²) in [5.74, 6) is -2.90. The van der Waals surface area contributed by atoms with Gasteiger partial charge in [0.15, 0.2) is 5.16 Å². The Morgan fingerprint density at radius 2 is 1.92 bits per heavy atom. The molecule has 1 aromatic heterocycles. The van der Waals surface area contributed by atoms with Gasteiger partial charge in [0.25, 0.3) is 5.76 Å². The minimum Gasteiger partial charge on any atom is -0.325 e. The number of nitrogens with zero attached hydrogens (tertiary/aromatic N) is 2. The first-order chi connectivity index (χ1) is 12.3. The highest BCUT2D eigenvalue weighted by Crippen LogP contribution is 2.37. The third-order valence-electron chi connectivity index (χ3n) is 3.63. The van der Waals surface area contributed by atoms with Gasteiger partial charge in [-0.1, -0.05) is 41.2 Å². The van der Waals surface area contributed by atoms with Gasteiger partial charge in [0.2, 0.25) is 5.91 Å². The Morgan fingerprint density at radius 1 is 1.27 bits per heavy atom. The third-order valence-corrected chi connectivity index (χ3v) is 5.46. The summed E-state index contributed by atoms with van der Waals surface area (Å²) in [6.45, 7) is 3.77. The molecule has 0 aliphatic rings. The second kappa shape index (κ2) is 9.53. The number of hydrogen-bond acceptors (Lipinski definition) is 5. The molecule has 2 aromatic rings. The van der Waals surface area contributed by atoms with Crippen molar-refractivity contribution in [3.05, 3.63) is 40.2 Å². The molecule has 2 rings (SSSR count). The zero-order valence-corrected chi connectivity index (χ0v) is 16.9. The lowest BCUT2D eigenvalue weighted by atomic mass is 10.1. The molecular weight excluding hydrogens is 400 g/mol. The molecule has 0 spiro atoms. The van der Waals surface area contributed by atoms with Crippen molar-refractivity contribution in [2.24, 2.45) is 0 Å². The van der Waals surface area contributed by atoms with Gasteiger partial charge in [0.1, 0.15) is 0 Å². The van der Waals surface area contributed by atoms with Gasteiger partial charge in [-0.25, -0.2) is 9.97 Å². The molecule has 26 heavy (non-hydrogen) atoms. The van der Waals surface area contributed by atoms with E-state index in [0.717, 1.165) is 17.0 Å². The number of thioether (sulfide) groups is 2. The van der Waals surface area contributed by atoms with E-state index in [1.54, 1.807) is 12.1 Å². The number of rotatable bonds is 7. The molecule has 1 aromatic carbocycles. The van der Waals surface area contributed by atoms with Crippen molar-refractivity contribution in [2.45, 2.75) is 42.5 Å². The maximum absolute atomic E-state index is 12.7. The molecule has 1 heterocycles. The van der Waals surface area contributed by atoms with E-state index in [2.05, 4.69) is 15.3 Å². The third kappa shape index (κ3) is 5.56. The van der Waals surface area contributed by atoms with Gasteiger partial charge in [0, 0.05) is 17.8 Å². The molecule has 0 aliphatic heterocycles.